The highest BCUT2D eigenvalue weighted by molar-refractivity contribution is 8.76. The van der Waals surface area contributed by atoms with Gasteiger partial charge in [0.25, 0.3) is 0 Å². The van der Waals surface area contributed by atoms with Gasteiger partial charge in [-0.05, 0) is 6.42 Å². The number of thioether (sulfide) groups is 1. The van der Waals surface area contributed by atoms with E-state index < -0.39 is 0 Å². The van der Waals surface area contributed by atoms with E-state index in [0.29, 0.717) is 0 Å². The Bertz CT molecular complexity index is 80.9. The maximum atomic E-state index is 2.25. The number of hydrogen-bond acceptors (Lipinski definition) is 3. The molecule has 0 bridgehead atoms. The minimum atomic E-state index is 1.01. The van der Waals surface area contributed by atoms with E-state index in [2.05, 4.69) is 29.5 Å². The zero-order valence-electron chi connectivity index (χ0n) is 6.34. The molecule has 0 spiro atoms. The summed E-state index contributed by atoms with van der Waals surface area (Å²) in [4.78, 5) is 0. The van der Waals surface area contributed by atoms with Crippen molar-refractivity contribution in [1.29, 1.82) is 0 Å². The Balaban J connectivity index is 1.68. The molecule has 0 aliphatic carbocycles. The van der Waals surface area contributed by atoms with E-state index in [-0.39, 0.29) is 0 Å². The SMILES string of the molecule is CCCCSSCC1CS1. The maximum Gasteiger partial charge on any atom is 0.0237 e. The average Bonchev–Trinajstić information content (AvgIpc) is 2.71. The fourth-order valence-electron chi connectivity index (χ4n) is 0.550. The first-order chi connectivity index (χ1) is 4.93. The molecule has 60 valence electrons. The van der Waals surface area contributed by atoms with Crippen molar-refractivity contribution in [3.63, 3.8) is 0 Å². The lowest BCUT2D eigenvalue weighted by Gasteiger charge is -1.96. The summed E-state index contributed by atoms with van der Waals surface area (Å²) < 4.78 is 0. The summed E-state index contributed by atoms with van der Waals surface area (Å²) in [5.74, 6) is 4.14. The molecule has 1 rings (SSSR count). The monoisotopic (exact) mass is 194 g/mol. The quantitative estimate of drug-likeness (QED) is 0.362. The lowest BCUT2D eigenvalue weighted by atomic mass is 10.4. The molecule has 0 aromatic carbocycles. The lowest BCUT2D eigenvalue weighted by Crippen LogP contribution is -1.84. The Morgan fingerprint density at radius 3 is 2.90 bits per heavy atom. The molecule has 1 aliphatic rings. The molecule has 1 heterocycles. The van der Waals surface area contributed by atoms with Crippen molar-refractivity contribution in [2.75, 3.05) is 17.3 Å². The van der Waals surface area contributed by atoms with Crippen molar-refractivity contribution >= 4 is 33.3 Å². The molecule has 0 saturated carbocycles. The molecule has 0 nitrogen and oxygen atoms in total. The fourth-order valence-corrected chi connectivity index (χ4v) is 4.18. The Morgan fingerprint density at radius 2 is 2.30 bits per heavy atom. The Kier molecular flexibility index (Phi) is 5.18. The van der Waals surface area contributed by atoms with Crippen LogP contribution >= 0.6 is 33.3 Å². The number of rotatable bonds is 6. The average molecular weight is 194 g/mol. The first kappa shape index (κ1) is 9.14. The highest BCUT2D eigenvalue weighted by Crippen LogP contribution is 2.36. The van der Waals surface area contributed by atoms with Gasteiger partial charge in [-0.1, -0.05) is 34.9 Å². The van der Waals surface area contributed by atoms with Crippen LogP contribution in [-0.4, -0.2) is 22.5 Å². The molecule has 1 saturated heterocycles. The second-order valence-electron chi connectivity index (χ2n) is 2.42. The van der Waals surface area contributed by atoms with Gasteiger partial charge in [-0.3, -0.25) is 0 Å². The number of hydrogen-bond donors (Lipinski definition) is 0. The predicted octanol–water partition coefficient (Wildman–Crippen LogP) is 3.28. The van der Waals surface area contributed by atoms with Gasteiger partial charge in [0, 0.05) is 22.5 Å². The molecule has 1 unspecified atom stereocenters. The van der Waals surface area contributed by atoms with Gasteiger partial charge in [0.15, 0.2) is 0 Å². The third-order valence-electron chi connectivity index (χ3n) is 1.32. The minimum absolute atomic E-state index is 1.01. The minimum Gasteiger partial charge on any atom is -0.156 e. The van der Waals surface area contributed by atoms with Crippen LogP contribution in [0.5, 0.6) is 0 Å². The predicted molar refractivity (Wildman–Crippen MR) is 56.1 cm³/mol. The van der Waals surface area contributed by atoms with Crippen molar-refractivity contribution in [3.8, 4) is 0 Å². The van der Waals surface area contributed by atoms with Crippen LogP contribution in [0.25, 0.3) is 0 Å². The molecule has 0 N–H and O–H groups in total. The lowest BCUT2D eigenvalue weighted by molar-refractivity contribution is 0.898. The molecule has 1 fully saturated rings. The van der Waals surface area contributed by atoms with E-state index in [1.807, 2.05) is 10.8 Å². The normalized spacial score (nSPS) is 23.1. The van der Waals surface area contributed by atoms with E-state index in [4.69, 9.17) is 0 Å². The second-order valence-corrected chi connectivity index (χ2v) is 6.38. The Hall–Kier alpha value is 1.05. The maximum absolute atomic E-state index is 2.25. The summed E-state index contributed by atoms with van der Waals surface area (Å²) in [5.41, 5.74) is 0. The van der Waals surface area contributed by atoms with Crippen molar-refractivity contribution in [1.82, 2.24) is 0 Å². The van der Waals surface area contributed by atoms with Crippen LogP contribution in [0.2, 0.25) is 0 Å². The molecule has 0 amide bonds. The highest BCUT2D eigenvalue weighted by Gasteiger charge is 2.21. The van der Waals surface area contributed by atoms with Gasteiger partial charge in [0.05, 0.1) is 0 Å². The standard InChI is InChI=1S/C7H14S3/c1-2-3-4-9-10-6-7-5-8-7/h7H,2-6H2,1H3. The molecule has 0 aromatic heterocycles. The van der Waals surface area contributed by atoms with Crippen molar-refractivity contribution in [2.45, 2.75) is 25.0 Å². The van der Waals surface area contributed by atoms with E-state index in [1.54, 1.807) is 0 Å². The molecule has 1 aliphatic heterocycles. The largest absolute Gasteiger partial charge is 0.156 e. The summed E-state index contributed by atoms with van der Waals surface area (Å²) in [7, 11) is 4.11. The van der Waals surface area contributed by atoms with Gasteiger partial charge in [-0.2, -0.15) is 11.8 Å². The molecular formula is C7H14S3. The highest BCUT2D eigenvalue weighted by atomic mass is 33.1. The van der Waals surface area contributed by atoms with Gasteiger partial charge >= 0.3 is 0 Å². The summed E-state index contributed by atoms with van der Waals surface area (Å²) in [6.45, 7) is 2.25. The van der Waals surface area contributed by atoms with Crippen LogP contribution in [0.3, 0.4) is 0 Å². The van der Waals surface area contributed by atoms with E-state index in [1.165, 1.54) is 30.1 Å². The smallest absolute Gasteiger partial charge is 0.0237 e. The van der Waals surface area contributed by atoms with E-state index >= 15 is 0 Å². The van der Waals surface area contributed by atoms with Crippen molar-refractivity contribution < 1.29 is 0 Å². The summed E-state index contributed by atoms with van der Waals surface area (Å²) in [6, 6.07) is 0. The van der Waals surface area contributed by atoms with Crippen molar-refractivity contribution in [3.05, 3.63) is 0 Å². The third-order valence-corrected chi connectivity index (χ3v) is 5.07. The fraction of sp³-hybridized carbons (Fsp3) is 1.00. The van der Waals surface area contributed by atoms with Crippen LogP contribution in [0.4, 0.5) is 0 Å². The second kappa shape index (κ2) is 5.67. The summed E-state index contributed by atoms with van der Waals surface area (Å²) in [5, 5.41) is 1.01. The zero-order chi connectivity index (χ0) is 7.23. The van der Waals surface area contributed by atoms with Gasteiger partial charge in [0.1, 0.15) is 0 Å². The molecule has 3 heteroatoms. The molecule has 10 heavy (non-hydrogen) atoms. The molecule has 0 radical (unpaired) electrons. The Labute approximate surface area is 75.7 Å². The van der Waals surface area contributed by atoms with Gasteiger partial charge in [-0.15, -0.1) is 0 Å². The van der Waals surface area contributed by atoms with Gasteiger partial charge < -0.3 is 0 Å². The van der Waals surface area contributed by atoms with Crippen LogP contribution < -0.4 is 0 Å². The Morgan fingerprint density at radius 1 is 1.50 bits per heavy atom. The van der Waals surface area contributed by atoms with Crippen LogP contribution in [0, 0.1) is 0 Å². The molecule has 0 aromatic rings. The van der Waals surface area contributed by atoms with Crippen LogP contribution in [-0.2, 0) is 0 Å². The van der Waals surface area contributed by atoms with Crippen molar-refractivity contribution in [2.24, 2.45) is 0 Å². The third kappa shape index (κ3) is 4.80. The molecular weight excluding hydrogens is 180 g/mol. The first-order valence-corrected chi connectivity index (χ1v) is 7.33. The summed E-state index contributed by atoms with van der Waals surface area (Å²) >= 11 is 2.10. The van der Waals surface area contributed by atoms with Gasteiger partial charge in [0.2, 0.25) is 0 Å². The van der Waals surface area contributed by atoms with Crippen LogP contribution in [0.1, 0.15) is 19.8 Å². The molecule has 1 atom stereocenters. The number of unbranched alkanes of at least 4 members (excludes halogenated alkanes) is 1. The summed E-state index contributed by atoms with van der Waals surface area (Å²) in [6.07, 6.45) is 2.72. The topological polar surface area (TPSA) is 0 Å². The van der Waals surface area contributed by atoms with Gasteiger partial charge in [-0.25, -0.2) is 0 Å². The van der Waals surface area contributed by atoms with Crippen LogP contribution in [0.15, 0.2) is 0 Å². The zero-order valence-corrected chi connectivity index (χ0v) is 8.79. The van der Waals surface area contributed by atoms with E-state index in [9.17, 15) is 0 Å². The first-order valence-electron chi connectivity index (χ1n) is 3.79. The van der Waals surface area contributed by atoms with E-state index in [0.717, 1.165) is 5.25 Å².